The molecule has 0 aromatic heterocycles. The van der Waals surface area contributed by atoms with Gasteiger partial charge in [0.25, 0.3) is 0 Å². The third-order valence-corrected chi connectivity index (χ3v) is 9.23. The molecule has 0 bridgehead atoms. The predicted octanol–water partition coefficient (Wildman–Crippen LogP) is -3.78. The van der Waals surface area contributed by atoms with Crippen molar-refractivity contribution in [2.45, 2.75) is 88.6 Å². The summed E-state index contributed by atoms with van der Waals surface area (Å²) in [5, 5.41) is 16.4. The Morgan fingerprint density at radius 3 is 1.98 bits per heavy atom. The van der Waals surface area contributed by atoms with E-state index in [9.17, 15) is 38.4 Å². The molecule has 0 aromatic carbocycles. The van der Waals surface area contributed by atoms with Crippen LogP contribution in [0, 0.1) is 5.92 Å². The SMILES string of the molecule is CC(C)C[C@H](NC(=O)[C@@H]1CCCN1C(=O)[C@H](CSSC[C@H](N)C(=O)O)NC(=O)[C@H](CC(N)=O)NC(=O)[C@@H](N)CCC(N)=O)C(N)=O. The molecule has 6 atom stereocenters. The van der Waals surface area contributed by atoms with Crippen LogP contribution >= 0.6 is 21.6 Å². The molecule has 0 aliphatic carbocycles. The van der Waals surface area contributed by atoms with E-state index in [1.165, 1.54) is 4.90 Å². The molecule has 1 saturated heterocycles. The highest BCUT2D eigenvalue weighted by Crippen LogP contribution is 2.25. The van der Waals surface area contributed by atoms with Crippen LogP contribution in [0.25, 0.3) is 0 Å². The van der Waals surface area contributed by atoms with Gasteiger partial charge in [0.15, 0.2) is 0 Å². The van der Waals surface area contributed by atoms with Crippen molar-refractivity contribution in [3.63, 3.8) is 0 Å². The van der Waals surface area contributed by atoms with E-state index in [4.69, 9.17) is 33.8 Å². The zero-order valence-corrected chi connectivity index (χ0v) is 27.4. The number of carbonyl (C=O) groups is 8. The van der Waals surface area contributed by atoms with Crippen LogP contribution in [0.1, 0.15) is 52.4 Å². The number of nitrogens with one attached hydrogen (secondary N) is 3. The fourth-order valence-corrected chi connectivity index (χ4v) is 6.63. The van der Waals surface area contributed by atoms with Crippen molar-refractivity contribution in [3.8, 4) is 0 Å². The monoisotopic (exact) mass is 691 g/mol. The number of carboxylic acids is 1. The van der Waals surface area contributed by atoms with Crippen molar-refractivity contribution in [3.05, 3.63) is 0 Å². The van der Waals surface area contributed by atoms with Crippen molar-refractivity contribution in [1.82, 2.24) is 20.9 Å². The Labute approximate surface area is 274 Å². The summed E-state index contributed by atoms with van der Waals surface area (Å²) in [6.07, 6.45) is -0.00718. The second kappa shape index (κ2) is 19.8. The highest BCUT2D eigenvalue weighted by atomic mass is 33.1. The largest absolute Gasteiger partial charge is 0.480 e. The first-order valence-electron chi connectivity index (χ1n) is 14.5. The van der Waals surface area contributed by atoms with E-state index < -0.39 is 90.0 Å². The summed E-state index contributed by atoms with van der Waals surface area (Å²) < 4.78 is 0. The van der Waals surface area contributed by atoms with Gasteiger partial charge in [-0.25, -0.2) is 0 Å². The first-order valence-corrected chi connectivity index (χ1v) is 17.0. The average molecular weight is 692 g/mol. The van der Waals surface area contributed by atoms with Crippen molar-refractivity contribution in [1.29, 1.82) is 0 Å². The van der Waals surface area contributed by atoms with Gasteiger partial charge in [-0.05, 0) is 31.6 Å². The van der Waals surface area contributed by atoms with Crippen LogP contribution in [0.5, 0.6) is 0 Å². The number of nitrogens with two attached hydrogens (primary N) is 5. The van der Waals surface area contributed by atoms with Crippen LogP contribution in [0.3, 0.4) is 0 Å². The van der Waals surface area contributed by atoms with Crippen LogP contribution in [0.4, 0.5) is 0 Å². The van der Waals surface area contributed by atoms with Gasteiger partial charge in [-0.1, -0.05) is 35.4 Å². The maximum absolute atomic E-state index is 13.8. The summed E-state index contributed by atoms with van der Waals surface area (Å²) >= 11 is 0. The smallest absolute Gasteiger partial charge is 0.321 e. The van der Waals surface area contributed by atoms with E-state index in [1.54, 1.807) is 0 Å². The topological polar surface area (TPSA) is 326 Å². The van der Waals surface area contributed by atoms with Gasteiger partial charge < -0.3 is 54.6 Å². The molecule has 18 nitrogen and oxygen atoms in total. The number of likely N-dealkylation sites (tertiary alicyclic amines) is 1. The quantitative estimate of drug-likeness (QED) is 0.0413. The van der Waals surface area contributed by atoms with Crippen molar-refractivity contribution in [2.75, 3.05) is 18.1 Å². The Morgan fingerprint density at radius 1 is 0.826 bits per heavy atom. The summed E-state index contributed by atoms with van der Waals surface area (Å²) in [6.45, 7) is 3.84. The Morgan fingerprint density at radius 2 is 1.43 bits per heavy atom. The molecule has 0 radical (unpaired) electrons. The fourth-order valence-electron chi connectivity index (χ4n) is 4.36. The Balaban J connectivity index is 3.19. The molecule has 0 unspecified atom stereocenters. The zero-order valence-electron chi connectivity index (χ0n) is 25.8. The molecular formula is C26H45N9O9S2. The highest BCUT2D eigenvalue weighted by molar-refractivity contribution is 8.76. The molecule has 1 aliphatic rings. The molecule has 0 aromatic rings. The van der Waals surface area contributed by atoms with E-state index >= 15 is 0 Å². The van der Waals surface area contributed by atoms with E-state index in [1.807, 2.05) is 13.8 Å². The average Bonchev–Trinajstić information content (AvgIpc) is 3.45. The minimum absolute atomic E-state index is 0.0302. The molecule has 1 fully saturated rings. The molecule has 1 aliphatic heterocycles. The van der Waals surface area contributed by atoms with Gasteiger partial charge in [0.05, 0.1) is 12.5 Å². The van der Waals surface area contributed by atoms with Crippen LogP contribution in [-0.2, 0) is 38.4 Å². The van der Waals surface area contributed by atoms with Crippen LogP contribution in [0.2, 0.25) is 0 Å². The molecule has 1 rings (SSSR count). The number of hydrogen-bond acceptors (Lipinski definition) is 12. The summed E-state index contributed by atoms with van der Waals surface area (Å²) in [4.78, 5) is 100.0. The maximum atomic E-state index is 13.8. The fraction of sp³-hybridized carbons (Fsp3) is 0.692. The lowest BCUT2D eigenvalue weighted by Gasteiger charge is -2.30. The predicted molar refractivity (Wildman–Crippen MR) is 170 cm³/mol. The highest BCUT2D eigenvalue weighted by Gasteiger charge is 2.39. The van der Waals surface area contributed by atoms with Gasteiger partial charge in [0.1, 0.15) is 30.2 Å². The normalized spacial score (nSPS) is 17.7. The summed E-state index contributed by atoms with van der Waals surface area (Å²) in [7, 11) is 2.06. The first kappa shape index (κ1) is 40.4. The molecule has 0 saturated carbocycles. The minimum atomic E-state index is -1.55. The third-order valence-electron chi connectivity index (χ3n) is 6.78. The number of carbonyl (C=O) groups excluding carboxylic acids is 7. The van der Waals surface area contributed by atoms with Crippen molar-refractivity contribution < 1.29 is 43.5 Å². The Bertz CT molecular complexity index is 1140. The molecule has 7 amide bonds. The number of amides is 7. The second-order valence-electron chi connectivity index (χ2n) is 11.2. The lowest BCUT2D eigenvalue weighted by Crippen LogP contribution is -2.59. The first-order chi connectivity index (χ1) is 21.4. The van der Waals surface area contributed by atoms with E-state index in [2.05, 4.69) is 16.0 Å². The number of hydrogen-bond donors (Lipinski definition) is 9. The summed E-state index contributed by atoms with van der Waals surface area (Å²) in [5.74, 6) is -6.85. The second-order valence-corrected chi connectivity index (χ2v) is 13.8. The van der Waals surface area contributed by atoms with Gasteiger partial charge in [0.2, 0.25) is 41.4 Å². The Kier molecular flexibility index (Phi) is 17.4. The summed E-state index contributed by atoms with van der Waals surface area (Å²) in [6, 6.07) is -7.25. The third kappa shape index (κ3) is 14.2. The lowest BCUT2D eigenvalue weighted by atomic mass is 10.0. The van der Waals surface area contributed by atoms with Gasteiger partial charge >= 0.3 is 5.97 Å². The summed E-state index contributed by atoms with van der Waals surface area (Å²) in [5.41, 5.74) is 27.1. The number of nitrogens with zero attached hydrogens (tertiary/aromatic N) is 1. The van der Waals surface area contributed by atoms with Crippen molar-refractivity contribution >= 4 is 68.9 Å². The number of primary amides is 3. The lowest BCUT2D eigenvalue weighted by molar-refractivity contribution is -0.142. The van der Waals surface area contributed by atoms with Crippen LogP contribution in [0.15, 0.2) is 0 Å². The van der Waals surface area contributed by atoms with Crippen LogP contribution in [-0.4, -0.2) is 112 Å². The maximum Gasteiger partial charge on any atom is 0.321 e. The standard InChI is InChI=1S/C26H45N9O9S2/c1-12(2)8-15(21(31)38)32-24(41)18-4-3-7-35(18)25(42)17(11-46-45-10-14(28)26(43)44)34-23(40)16(9-20(30)37)33-22(39)13(27)5-6-19(29)36/h12-18H,3-11,27-28H2,1-2H3,(H2,29,36)(H2,30,37)(H2,31,38)(H,32,41)(H,33,39)(H,34,40)(H,43,44)/t13-,14-,15-,16-,17-,18-/m0/s1. The molecule has 14 N–H and O–H groups in total. The molecule has 20 heteroatoms. The van der Waals surface area contributed by atoms with Crippen LogP contribution < -0.4 is 44.6 Å². The van der Waals surface area contributed by atoms with Gasteiger partial charge in [0, 0.05) is 24.5 Å². The zero-order chi connectivity index (χ0) is 35.1. The van der Waals surface area contributed by atoms with E-state index in [-0.39, 0.29) is 49.7 Å². The molecule has 260 valence electrons. The van der Waals surface area contributed by atoms with E-state index in [0.29, 0.717) is 6.42 Å². The molecule has 1 heterocycles. The van der Waals surface area contributed by atoms with Crippen molar-refractivity contribution in [2.24, 2.45) is 34.6 Å². The number of carboxylic acid groups (broad SMARTS) is 1. The minimum Gasteiger partial charge on any atom is -0.480 e. The van der Waals surface area contributed by atoms with E-state index in [0.717, 1.165) is 21.6 Å². The van der Waals surface area contributed by atoms with Gasteiger partial charge in [-0.3, -0.25) is 38.4 Å². The number of rotatable bonds is 21. The van der Waals surface area contributed by atoms with Gasteiger partial charge in [-0.15, -0.1) is 0 Å². The Hall–Kier alpha value is -3.62. The molecule has 46 heavy (non-hydrogen) atoms. The number of aliphatic carboxylic acids is 1. The molecule has 0 spiro atoms. The van der Waals surface area contributed by atoms with Gasteiger partial charge in [-0.2, -0.15) is 0 Å². The molecular weight excluding hydrogens is 646 g/mol.